The average molecular weight is 227 g/mol. The quantitative estimate of drug-likeness (QED) is 0.847. The molecule has 3 unspecified atom stereocenters. The summed E-state index contributed by atoms with van der Waals surface area (Å²) in [6.07, 6.45) is 1.67. The minimum atomic E-state index is -0.904. The molecule has 0 fully saturated rings. The highest BCUT2D eigenvalue weighted by atomic mass is 32.2. The van der Waals surface area contributed by atoms with Crippen LogP contribution in [0, 0.1) is 0 Å². The van der Waals surface area contributed by atoms with Crippen molar-refractivity contribution >= 4 is 10.8 Å². The van der Waals surface area contributed by atoms with Crippen LogP contribution >= 0.6 is 0 Å². The summed E-state index contributed by atoms with van der Waals surface area (Å²) in [5.41, 5.74) is 6.98. The molecule has 3 nitrogen and oxygen atoms in total. The Hall–Kier alpha value is -0.870. The summed E-state index contributed by atoms with van der Waals surface area (Å²) in [6, 6.07) is 7.35. The topological polar surface area (TPSA) is 52.3 Å². The third-order valence-electron chi connectivity index (χ3n) is 2.53. The lowest BCUT2D eigenvalue weighted by Gasteiger charge is -2.18. The second-order valence-corrected chi connectivity index (χ2v) is 5.24. The lowest BCUT2D eigenvalue weighted by atomic mass is 10.1. The van der Waals surface area contributed by atoms with Gasteiger partial charge >= 0.3 is 0 Å². The van der Waals surface area contributed by atoms with Crippen LogP contribution in [0.2, 0.25) is 0 Å². The Labute approximate surface area is 93.1 Å². The molecule has 3 atom stereocenters. The van der Waals surface area contributed by atoms with Gasteiger partial charge in [0.1, 0.15) is 5.75 Å². The molecule has 0 saturated heterocycles. The number of rotatable bonds is 4. The molecule has 0 spiro atoms. The molecule has 0 aliphatic heterocycles. The lowest BCUT2D eigenvalue weighted by Crippen LogP contribution is -2.26. The molecule has 0 radical (unpaired) electrons. The van der Waals surface area contributed by atoms with Gasteiger partial charge in [-0.3, -0.25) is 4.21 Å². The maximum absolute atomic E-state index is 11.3. The standard InChI is InChI=1S/C11H17NO2S/c1-8(15(3)13)11(12)9-4-6-10(14-2)7-5-9/h4-8,11H,12H2,1-3H3. The van der Waals surface area contributed by atoms with Crippen LogP contribution in [0.1, 0.15) is 18.5 Å². The van der Waals surface area contributed by atoms with Crippen molar-refractivity contribution in [1.29, 1.82) is 0 Å². The van der Waals surface area contributed by atoms with Crippen LogP contribution in [0.3, 0.4) is 0 Å². The first kappa shape index (κ1) is 12.2. The molecule has 1 aromatic rings. The molecule has 0 amide bonds. The van der Waals surface area contributed by atoms with Crippen molar-refractivity contribution in [3.8, 4) is 5.75 Å². The molecule has 1 rings (SSSR count). The highest BCUT2D eigenvalue weighted by Crippen LogP contribution is 2.20. The van der Waals surface area contributed by atoms with Gasteiger partial charge in [0.15, 0.2) is 0 Å². The molecule has 1 aromatic carbocycles. The van der Waals surface area contributed by atoms with E-state index >= 15 is 0 Å². The van der Waals surface area contributed by atoms with Gasteiger partial charge in [-0.05, 0) is 24.6 Å². The van der Waals surface area contributed by atoms with E-state index in [1.165, 1.54) is 0 Å². The first-order valence-electron chi connectivity index (χ1n) is 4.78. The molecule has 84 valence electrons. The molecule has 15 heavy (non-hydrogen) atoms. The summed E-state index contributed by atoms with van der Waals surface area (Å²) in [6.45, 7) is 1.89. The van der Waals surface area contributed by atoms with Crippen molar-refractivity contribution in [1.82, 2.24) is 0 Å². The van der Waals surface area contributed by atoms with E-state index in [-0.39, 0.29) is 11.3 Å². The minimum absolute atomic E-state index is 0.0432. The number of hydrogen-bond acceptors (Lipinski definition) is 3. The van der Waals surface area contributed by atoms with Gasteiger partial charge in [-0.25, -0.2) is 0 Å². The Morgan fingerprint density at radius 1 is 1.33 bits per heavy atom. The summed E-state index contributed by atoms with van der Waals surface area (Å²) in [5.74, 6) is 0.802. The fourth-order valence-corrected chi connectivity index (χ4v) is 1.87. The van der Waals surface area contributed by atoms with Crippen LogP contribution in [-0.2, 0) is 10.8 Å². The van der Waals surface area contributed by atoms with Crippen LogP contribution in [0.5, 0.6) is 5.75 Å². The van der Waals surface area contributed by atoms with E-state index < -0.39 is 10.8 Å². The van der Waals surface area contributed by atoms with E-state index in [2.05, 4.69) is 0 Å². The van der Waals surface area contributed by atoms with Gasteiger partial charge in [-0.1, -0.05) is 12.1 Å². The van der Waals surface area contributed by atoms with E-state index in [9.17, 15) is 4.21 Å². The van der Waals surface area contributed by atoms with Gasteiger partial charge in [0.25, 0.3) is 0 Å². The summed E-state index contributed by atoms with van der Waals surface area (Å²) in [7, 11) is 0.719. The van der Waals surface area contributed by atoms with Crippen molar-refractivity contribution in [3.05, 3.63) is 29.8 Å². The number of hydrogen-bond donors (Lipinski definition) is 1. The van der Waals surface area contributed by atoms with Crippen molar-refractivity contribution < 1.29 is 8.95 Å². The Morgan fingerprint density at radius 3 is 2.27 bits per heavy atom. The maximum Gasteiger partial charge on any atom is 0.118 e. The molecule has 0 saturated carbocycles. The SMILES string of the molecule is COc1ccc(C(N)C(C)S(C)=O)cc1. The maximum atomic E-state index is 11.3. The molecule has 0 aliphatic carbocycles. The Bertz CT molecular complexity index is 337. The van der Waals surface area contributed by atoms with Crippen LogP contribution in [-0.4, -0.2) is 22.8 Å². The minimum Gasteiger partial charge on any atom is -0.497 e. The van der Waals surface area contributed by atoms with Crippen molar-refractivity contribution in [2.24, 2.45) is 5.73 Å². The molecular weight excluding hydrogens is 210 g/mol. The largest absolute Gasteiger partial charge is 0.497 e. The predicted molar refractivity (Wildman–Crippen MR) is 63.5 cm³/mol. The van der Waals surface area contributed by atoms with Gasteiger partial charge in [-0.15, -0.1) is 0 Å². The summed E-state index contributed by atoms with van der Waals surface area (Å²) < 4.78 is 16.3. The number of benzene rings is 1. The van der Waals surface area contributed by atoms with E-state index in [1.54, 1.807) is 13.4 Å². The Morgan fingerprint density at radius 2 is 1.87 bits per heavy atom. The van der Waals surface area contributed by atoms with E-state index in [1.807, 2.05) is 31.2 Å². The van der Waals surface area contributed by atoms with Gasteiger partial charge < -0.3 is 10.5 Å². The third-order valence-corrected chi connectivity index (χ3v) is 3.87. The first-order chi connectivity index (χ1) is 7.06. The first-order valence-corrected chi connectivity index (χ1v) is 6.40. The van der Waals surface area contributed by atoms with Crippen LogP contribution in [0.15, 0.2) is 24.3 Å². The summed E-state index contributed by atoms with van der Waals surface area (Å²) in [4.78, 5) is 0. The van der Waals surface area contributed by atoms with Crippen LogP contribution in [0.4, 0.5) is 0 Å². The van der Waals surface area contributed by atoms with Crippen molar-refractivity contribution in [3.63, 3.8) is 0 Å². The average Bonchev–Trinajstić information content (AvgIpc) is 2.27. The van der Waals surface area contributed by atoms with Gasteiger partial charge in [0.05, 0.1) is 12.4 Å². The van der Waals surface area contributed by atoms with Crippen molar-refractivity contribution in [2.45, 2.75) is 18.2 Å². The summed E-state index contributed by atoms with van der Waals surface area (Å²) >= 11 is 0. The zero-order valence-electron chi connectivity index (χ0n) is 9.27. The predicted octanol–water partition coefficient (Wildman–Crippen LogP) is 1.46. The van der Waals surface area contributed by atoms with Crippen LogP contribution < -0.4 is 10.5 Å². The molecule has 2 N–H and O–H groups in total. The van der Waals surface area contributed by atoms with Gasteiger partial charge in [0, 0.05) is 23.1 Å². The molecule has 0 aliphatic rings. The van der Waals surface area contributed by atoms with E-state index in [0.29, 0.717) is 0 Å². The zero-order valence-corrected chi connectivity index (χ0v) is 10.1. The molecule has 0 aromatic heterocycles. The number of nitrogens with two attached hydrogens (primary N) is 1. The second-order valence-electron chi connectivity index (χ2n) is 3.50. The fourth-order valence-electron chi connectivity index (χ4n) is 1.30. The number of methoxy groups -OCH3 is 1. The highest BCUT2D eigenvalue weighted by Gasteiger charge is 2.17. The lowest BCUT2D eigenvalue weighted by molar-refractivity contribution is 0.414. The van der Waals surface area contributed by atoms with E-state index in [4.69, 9.17) is 10.5 Å². The number of ether oxygens (including phenoxy) is 1. The third kappa shape index (κ3) is 3.04. The van der Waals surface area contributed by atoms with Gasteiger partial charge in [0.2, 0.25) is 0 Å². The Balaban J connectivity index is 2.82. The second kappa shape index (κ2) is 5.28. The highest BCUT2D eigenvalue weighted by molar-refractivity contribution is 7.84. The van der Waals surface area contributed by atoms with Gasteiger partial charge in [-0.2, -0.15) is 0 Å². The van der Waals surface area contributed by atoms with Crippen LogP contribution in [0.25, 0.3) is 0 Å². The zero-order chi connectivity index (χ0) is 11.4. The molecule has 0 heterocycles. The normalized spacial score (nSPS) is 16.8. The smallest absolute Gasteiger partial charge is 0.118 e. The molecule has 4 heteroatoms. The summed E-state index contributed by atoms with van der Waals surface area (Å²) in [5, 5.41) is -0.0432. The molecular formula is C11H17NO2S. The Kier molecular flexibility index (Phi) is 4.29. The monoisotopic (exact) mass is 227 g/mol. The van der Waals surface area contributed by atoms with Crippen molar-refractivity contribution in [2.75, 3.05) is 13.4 Å². The van der Waals surface area contributed by atoms with E-state index in [0.717, 1.165) is 11.3 Å². The fraction of sp³-hybridized carbons (Fsp3) is 0.455. The molecule has 0 bridgehead atoms.